The van der Waals surface area contributed by atoms with Crippen LogP contribution < -0.4 is 9.64 Å². The zero-order valence-electron chi connectivity index (χ0n) is 13.8. The lowest BCUT2D eigenvalue weighted by Crippen LogP contribution is -3.10. The summed E-state index contributed by atoms with van der Waals surface area (Å²) in [7, 11) is 0. The molecule has 0 spiro atoms. The van der Waals surface area contributed by atoms with Gasteiger partial charge in [0.1, 0.15) is 18.9 Å². The van der Waals surface area contributed by atoms with Crippen LogP contribution in [0.1, 0.15) is 43.7 Å². The summed E-state index contributed by atoms with van der Waals surface area (Å²) in [4.78, 5) is 1.69. The average Bonchev–Trinajstić information content (AvgIpc) is 2.95. The van der Waals surface area contributed by atoms with Crippen molar-refractivity contribution in [2.75, 3.05) is 39.5 Å². The zero-order chi connectivity index (χ0) is 15.1. The maximum Gasteiger partial charge on any atom is 0.119 e. The van der Waals surface area contributed by atoms with Crippen LogP contribution in [0.3, 0.4) is 0 Å². The predicted octanol–water partition coefficient (Wildman–Crippen LogP) is 2.19. The van der Waals surface area contributed by atoms with Crippen LogP contribution in [-0.2, 0) is 4.74 Å². The monoisotopic (exact) mass is 292 g/mol. The molecule has 1 aromatic rings. The molecule has 1 aromatic carbocycles. The molecule has 3 heteroatoms. The molecule has 3 nitrogen and oxygen atoms in total. The van der Waals surface area contributed by atoms with Gasteiger partial charge in [0.2, 0.25) is 0 Å². The Balaban J connectivity index is 1.61. The third-order valence-corrected chi connectivity index (χ3v) is 4.27. The molecule has 1 N–H and O–H groups in total. The van der Waals surface area contributed by atoms with Crippen molar-refractivity contribution in [2.24, 2.45) is 0 Å². The van der Waals surface area contributed by atoms with E-state index in [1.807, 2.05) is 0 Å². The van der Waals surface area contributed by atoms with E-state index < -0.39 is 0 Å². The third-order valence-electron chi connectivity index (χ3n) is 4.27. The fourth-order valence-corrected chi connectivity index (χ4v) is 3.05. The molecule has 0 bridgehead atoms. The largest absolute Gasteiger partial charge is 0.491 e. The van der Waals surface area contributed by atoms with Gasteiger partial charge in [-0.05, 0) is 36.1 Å². The standard InChI is InChI=1S/C18H29NO2/c1-15(2)18-7-6-17(14-16(18)3)21-13-12-20-11-10-19-8-4-5-9-19/h6-7,14-15H,4-5,8-13H2,1-3H3/p+1. The Morgan fingerprint density at radius 3 is 2.52 bits per heavy atom. The Bertz CT molecular complexity index is 425. The van der Waals surface area contributed by atoms with E-state index in [-0.39, 0.29) is 0 Å². The first-order chi connectivity index (χ1) is 10.2. The fraction of sp³-hybridized carbons (Fsp3) is 0.667. The summed E-state index contributed by atoms with van der Waals surface area (Å²) in [5, 5.41) is 0. The Morgan fingerprint density at radius 2 is 1.86 bits per heavy atom. The topological polar surface area (TPSA) is 22.9 Å². The van der Waals surface area contributed by atoms with Crippen LogP contribution in [0.2, 0.25) is 0 Å². The first-order valence-electron chi connectivity index (χ1n) is 8.31. The molecule has 1 heterocycles. The molecule has 0 radical (unpaired) electrons. The van der Waals surface area contributed by atoms with Crippen LogP contribution >= 0.6 is 0 Å². The van der Waals surface area contributed by atoms with Gasteiger partial charge >= 0.3 is 0 Å². The summed E-state index contributed by atoms with van der Waals surface area (Å²) in [6, 6.07) is 6.37. The van der Waals surface area contributed by atoms with Gasteiger partial charge in [-0.15, -0.1) is 0 Å². The molecule has 0 aliphatic carbocycles. The predicted molar refractivity (Wildman–Crippen MR) is 86.4 cm³/mol. The van der Waals surface area contributed by atoms with Crippen LogP contribution in [0.25, 0.3) is 0 Å². The molecular weight excluding hydrogens is 262 g/mol. The van der Waals surface area contributed by atoms with Crippen LogP contribution in [0, 0.1) is 6.92 Å². The van der Waals surface area contributed by atoms with Gasteiger partial charge in [0, 0.05) is 12.8 Å². The highest BCUT2D eigenvalue weighted by atomic mass is 16.5. The molecule has 1 saturated heterocycles. The molecule has 2 rings (SSSR count). The minimum absolute atomic E-state index is 0.565. The molecule has 118 valence electrons. The van der Waals surface area contributed by atoms with Gasteiger partial charge in [-0.25, -0.2) is 0 Å². The highest BCUT2D eigenvalue weighted by Gasteiger charge is 2.14. The SMILES string of the molecule is Cc1cc(OCCOCC[NH+]2CCCC2)ccc1C(C)C. The zero-order valence-corrected chi connectivity index (χ0v) is 13.8. The van der Waals surface area contributed by atoms with Crippen molar-refractivity contribution in [1.29, 1.82) is 0 Å². The Labute approximate surface area is 129 Å². The number of hydrogen-bond acceptors (Lipinski definition) is 2. The maximum atomic E-state index is 5.76. The third kappa shape index (κ3) is 5.33. The average molecular weight is 292 g/mol. The summed E-state index contributed by atoms with van der Waals surface area (Å²) in [5.41, 5.74) is 2.70. The van der Waals surface area contributed by atoms with E-state index in [2.05, 4.69) is 39.0 Å². The van der Waals surface area contributed by atoms with Crippen molar-refractivity contribution in [2.45, 2.75) is 39.5 Å². The molecule has 0 unspecified atom stereocenters. The first-order valence-corrected chi connectivity index (χ1v) is 8.31. The van der Waals surface area contributed by atoms with E-state index in [9.17, 15) is 0 Å². The first kappa shape index (κ1) is 16.3. The summed E-state index contributed by atoms with van der Waals surface area (Å²) in [6.07, 6.45) is 2.76. The lowest BCUT2D eigenvalue weighted by molar-refractivity contribution is -0.887. The summed E-state index contributed by atoms with van der Waals surface area (Å²) in [6.45, 7) is 12.5. The molecule has 1 aliphatic heterocycles. The number of hydrogen-bond donors (Lipinski definition) is 1. The Kier molecular flexibility index (Phi) is 6.52. The molecule has 0 atom stereocenters. The second-order valence-electron chi connectivity index (χ2n) is 6.34. The fourth-order valence-electron chi connectivity index (χ4n) is 3.05. The lowest BCUT2D eigenvalue weighted by atomic mass is 9.98. The normalized spacial score (nSPS) is 15.8. The molecule has 21 heavy (non-hydrogen) atoms. The van der Waals surface area contributed by atoms with Gasteiger partial charge in [0.15, 0.2) is 0 Å². The van der Waals surface area contributed by atoms with Gasteiger partial charge in [-0.2, -0.15) is 0 Å². The van der Waals surface area contributed by atoms with Crippen LogP contribution in [0.15, 0.2) is 18.2 Å². The van der Waals surface area contributed by atoms with Crippen LogP contribution in [0.5, 0.6) is 5.75 Å². The molecule has 1 aliphatic rings. The van der Waals surface area contributed by atoms with Gasteiger partial charge in [0.05, 0.1) is 26.3 Å². The highest BCUT2D eigenvalue weighted by molar-refractivity contribution is 5.36. The van der Waals surface area contributed by atoms with Crippen molar-refractivity contribution in [3.8, 4) is 5.75 Å². The van der Waals surface area contributed by atoms with E-state index >= 15 is 0 Å². The van der Waals surface area contributed by atoms with Crippen molar-refractivity contribution in [1.82, 2.24) is 0 Å². The quantitative estimate of drug-likeness (QED) is 0.742. The number of quaternary nitrogens is 1. The molecule has 0 aromatic heterocycles. The lowest BCUT2D eigenvalue weighted by Gasteiger charge is -2.13. The summed E-state index contributed by atoms with van der Waals surface area (Å²) >= 11 is 0. The second kappa shape index (κ2) is 8.40. The van der Waals surface area contributed by atoms with E-state index in [1.165, 1.54) is 37.1 Å². The van der Waals surface area contributed by atoms with Crippen molar-refractivity contribution in [3.05, 3.63) is 29.3 Å². The number of aryl methyl sites for hydroxylation is 1. The number of benzene rings is 1. The summed E-state index contributed by atoms with van der Waals surface area (Å²) < 4.78 is 11.4. The van der Waals surface area contributed by atoms with E-state index in [1.54, 1.807) is 4.90 Å². The van der Waals surface area contributed by atoms with Gasteiger partial charge in [0.25, 0.3) is 0 Å². The second-order valence-corrected chi connectivity index (χ2v) is 6.34. The van der Waals surface area contributed by atoms with Gasteiger partial charge in [-0.3, -0.25) is 0 Å². The Hall–Kier alpha value is -1.06. The Morgan fingerprint density at radius 1 is 1.10 bits per heavy atom. The van der Waals surface area contributed by atoms with Crippen LogP contribution in [-0.4, -0.2) is 39.5 Å². The summed E-state index contributed by atoms with van der Waals surface area (Å²) in [5.74, 6) is 1.51. The van der Waals surface area contributed by atoms with Crippen LogP contribution in [0.4, 0.5) is 0 Å². The molecule has 1 fully saturated rings. The molecular formula is C18H30NO2+. The number of likely N-dealkylation sites (tertiary alicyclic amines) is 1. The molecule has 0 saturated carbocycles. The van der Waals surface area contributed by atoms with Crippen molar-refractivity contribution >= 4 is 0 Å². The van der Waals surface area contributed by atoms with E-state index in [0.717, 1.165) is 18.9 Å². The van der Waals surface area contributed by atoms with E-state index in [0.29, 0.717) is 19.1 Å². The smallest absolute Gasteiger partial charge is 0.119 e. The number of ether oxygens (including phenoxy) is 2. The minimum Gasteiger partial charge on any atom is -0.491 e. The molecule has 0 amide bonds. The minimum atomic E-state index is 0.565. The van der Waals surface area contributed by atoms with Gasteiger partial charge < -0.3 is 14.4 Å². The van der Waals surface area contributed by atoms with Crippen molar-refractivity contribution < 1.29 is 14.4 Å². The number of rotatable bonds is 8. The maximum absolute atomic E-state index is 5.76. The van der Waals surface area contributed by atoms with E-state index in [4.69, 9.17) is 9.47 Å². The highest BCUT2D eigenvalue weighted by Crippen LogP contribution is 2.23. The van der Waals surface area contributed by atoms with Crippen molar-refractivity contribution in [3.63, 3.8) is 0 Å². The van der Waals surface area contributed by atoms with Gasteiger partial charge in [-0.1, -0.05) is 19.9 Å². The number of nitrogens with one attached hydrogen (secondary N) is 1.